The predicted molar refractivity (Wildman–Crippen MR) is 75.1 cm³/mol. The Morgan fingerprint density at radius 3 is 2.33 bits per heavy atom. The Morgan fingerprint density at radius 1 is 1.22 bits per heavy atom. The normalized spacial score (nSPS) is 13.7. The van der Waals surface area contributed by atoms with Gasteiger partial charge in [0, 0.05) is 6.04 Å². The zero-order valence-electron chi connectivity index (χ0n) is 11.4. The predicted octanol–water partition coefficient (Wildman–Crippen LogP) is 2.07. The van der Waals surface area contributed by atoms with Crippen LogP contribution < -0.4 is 10.6 Å². The van der Waals surface area contributed by atoms with Crippen molar-refractivity contribution < 1.29 is 14.7 Å². The van der Waals surface area contributed by atoms with Gasteiger partial charge in [0.2, 0.25) is 0 Å². The van der Waals surface area contributed by atoms with E-state index in [0.717, 1.165) is 19.3 Å². The van der Waals surface area contributed by atoms with Crippen molar-refractivity contribution in [2.45, 2.75) is 51.6 Å². The lowest BCUT2D eigenvalue weighted by Crippen LogP contribution is -2.49. The van der Waals surface area contributed by atoms with E-state index in [-0.39, 0.29) is 12.1 Å². The third kappa shape index (κ3) is 7.42. The summed E-state index contributed by atoms with van der Waals surface area (Å²) >= 11 is 1.57. The summed E-state index contributed by atoms with van der Waals surface area (Å²) in [4.78, 5) is 22.6. The number of carboxylic acid groups (broad SMARTS) is 1. The number of thioether (sulfide) groups is 1. The lowest BCUT2D eigenvalue weighted by Gasteiger charge is -2.19. The molecule has 0 saturated heterocycles. The molecule has 0 aliphatic heterocycles. The smallest absolute Gasteiger partial charge is 0.326 e. The molecule has 0 aliphatic carbocycles. The molecule has 0 rings (SSSR count). The molecule has 0 bridgehead atoms. The first-order valence-corrected chi connectivity index (χ1v) is 7.73. The van der Waals surface area contributed by atoms with Crippen molar-refractivity contribution in [3.63, 3.8) is 0 Å². The van der Waals surface area contributed by atoms with Gasteiger partial charge in [-0.1, -0.05) is 20.3 Å². The zero-order valence-corrected chi connectivity index (χ0v) is 12.2. The van der Waals surface area contributed by atoms with E-state index in [4.69, 9.17) is 5.11 Å². The Balaban J connectivity index is 4.19. The van der Waals surface area contributed by atoms with Gasteiger partial charge in [-0.05, 0) is 31.3 Å². The molecule has 0 radical (unpaired) electrons. The molecule has 0 aromatic rings. The number of rotatable bonds is 9. The Labute approximate surface area is 113 Å². The number of urea groups is 1. The van der Waals surface area contributed by atoms with Gasteiger partial charge in [-0.3, -0.25) is 0 Å². The minimum Gasteiger partial charge on any atom is -0.480 e. The van der Waals surface area contributed by atoms with E-state index in [1.807, 2.05) is 13.2 Å². The van der Waals surface area contributed by atoms with Crippen molar-refractivity contribution in [2.24, 2.45) is 0 Å². The van der Waals surface area contributed by atoms with Crippen LogP contribution in [0.1, 0.15) is 39.5 Å². The van der Waals surface area contributed by atoms with Crippen LogP contribution in [-0.4, -0.2) is 41.2 Å². The van der Waals surface area contributed by atoms with Crippen LogP contribution in [0, 0.1) is 0 Å². The first-order valence-electron chi connectivity index (χ1n) is 6.33. The molecule has 5 nitrogen and oxygen atoms in total. The van der Waals surface area contributed by atoms with Gasteiger partial charge >= 0.3 is 12.0 Å². The van der Waals surface area contributed by atoms with Crippen molar-refractivity contribution in [3.8, 4) is 0 Å². The van der Waals surface area contributed by atoms with Gasteiger partial charge in [-0.25, -0.2) is 9.59 Å². The average Bonchev–Trinajstić information content (AvgIpc) is 2.33. The van der Waals surface area contributed by atoms with E-state index in [1.54, 1.807) is 11.8 Å². The summed E-state index contributed by atoms with van der Waals surface area (Å²) in [6.45, 7) is 4.06. The van der Waals surface area contributed by atoms with Crippen molar-refractivity contribution in [3.05, 3.63) is 0 Å². The van der Waals surface area contributed by atoms with Crippen LogP contribution in [0.4, 0.5) is 4.79 Å². The Kier molecular flexibility index (Phi) is 9.55. The van der Waals surface area contributed by atoms with Gasteiger partial charge in [0.25, 0.3) is 0 Å². The van der Waals surface area contributed by atoms with Crippen LogP contribution in [-0.2, 0) is 4.79 Å². The van der Waals surface area contributed by atoms with Gasteiger partial charge in [0.1, 0.15) is 6.04 Å². The summed E-state index contributed by atoms with van der Waals surface area (Å²) < 4.78 is 0. The molecule has 0 aromatic carbocycles. The number of carbonyl (C=O) groups is 2. The Morgan fingerprint density at radius 2 is 1.89 bits per heavy atom. The van der Waals surface area contributed by atoms with Gasteiger partial charge in [-0.2, -0.15) is 11.8 Å². The Hall–Kier alpha value is -0.910. The minimum absolute atomic E-state index is 0.116. The van der Waals surface area contributed by atoms with E-state index in [1.165, 1.54) is 0 Å². The molecule has 106 valence electrons. The summed E-state index contributed by atoms with van der Waals surface area (Å²) in [5.41, 5.74) is 0. The topological polar surface area (TPSA) is 78.4 Å². The van der Waals surface area contributed by atoms with Crippen LogP contribution >= 0.6 is 11.8 Å². The molecule has 0 aliphatic rings. The molecule has 3 N–H and O–H groups in total. The number of carboxylic acids is 1. The van der Waals surface area contributed by atoms with E-state index < -0.39 is 12.0 Å². The van der Waals surface area contributed by atoms with Gasteiger partial charge in [0.15, 0.2) is 0 Å². The van der Waals surface area contributed by atoms with E-state index >= 15 is 0 Å². The highest BCUT2D eigenvalue weighted by Gasteiger charge is 2.20. The fraction of sp³-hybridized carbons (Fsp3) is 0.833. The van der Waals surface area contributed by atoms with Crippen LogP contribution in [0.2, 0.25) is 0 Å². The van der Waals surface area contributed by atoms with Gasteiger partial charge in [-0.15, -0.1) is 0 Å². The molecule has 0 aromatic heterocycles. The maximum absolute atomic E-state index is 11.7. The molecule has 0 saturated carbocycles. The molecule has 2 atom stereocenters. The van der Waals surface area contributed by atoms with Gasteiger partial charge in [0.05, 0.1) is 0 Å². The summed E-state index contributed by atoms with van der Waals surface area (Å²) in [5, 5.41) is 14.3. The number of hydrogen-bond donors (Lipinski definition) is 3. The Bertz CT molecular complexity index is 262. The van der Waals surface area contributed by atoms with Crippen molar-refractivity contribution >= 4 is 23.8 Å². The van der Waals surface area contributed by atoms with E-state index in [2.05, 4.69) is 17.6 Å². The number of carbonyl (C=O) groups excluding carboxylic acids is 1. The molecule has 2 amide bonds. The lowest BCUT2D eigenvalue weighted by molar-refractivity contribution is -0.139. The minimum atomic E-state index is -0.984. The summed E-state index contributed by atoms with van der Waals surface area (Å²) in [6.07, 6.45) is 5.10. The SMILES string of the molecule is CCCC(CC)NC(=O)NC(CCSC)C(=O)O. The highest BCUT2D eigenvalue weighted by molar-refractivity contribution is 7.98. The summed E-state index contributed by atoms with van der Waals surface area (Å²) in [7, 11) is 0. The highest BCUT2D eigenvalue weighted by atomic mass is 32.2. The van der Waals surface area contributed by atoms with Crippen molar-refractivity contribution in [1.82, 2.24) is 10.6 Å². The molecular weight excluding hydrogens is 252 g/mol. The fourth-order valence-corrected chi connectivity index (χ4v) is 2.08. The molecular formula is C12H24N2O3S. The quantitative estimate of drug-likeness (QED) is 0.602. The number of amides is 2. The maximum Gasteiger partial charge on any atom is 0.326 e. The van der Waals surface area contributed by atoms with Crippen molar-refractivity contribution in [1.29, 1.82) is 0 Å². The number of nitrogens with one attached hydrogen (secondary N) is 2. The molecule has 2 unspecified atom stereocenters. The fourth-order valence-electron chi connectivity index (χ4n) is 1.61. The monoisotopic (exact) mass is 276 g/mol. The largest absolute Gasteiger partial charge is 0.480 e. The maximum atomic E-state index is 11.7. The lowest BCUT2D eigenvalue weighted by atomic mass is 10.1. The summed E-state index contributed by atoms with van der Waals surface area (Å²) in [5.74, 6) is -0.272. The van der Waals surface area contributed by atoms with Gasteiger partial charge < -0.3 is 15.7 Å². The molecule has 6 heteroatoms. The molecule has 0 spiro atoms. The zero-order chi connectivity index (χ0) is 14.0. The first-order chi connectivity index (χ1) is 8.54. The summed E-state index contributed by atoms with van der Waals surface area (Å²) in [6, 6.07) is -1.08. The van der Waals surface area contributed by atoms with E-state index in [0.29, 0.717) is 12.2 Å². The highest BCUT2D eigenvalue weighted by Crippen LogP contribution is 2.03. The molecule has 0 heterocycles. The van der Waals surface area contributed by atoms with Crippen molar-refractivity contribution in [2.75, 3.05) is 12.0 Å². The van der Waals surface area contributed by atoms with Crippen LogP contribution in [0.3, 0.4) is 0 Å². The van der Waals surface area contributed by atoms with Crippen LogP contribution in [0.5, 0.6) is 0 Å². The standard InChI is InChI=1S/C12H24N2O3S/c1-4-6-9(5-2)13-12(17)14-10(11(15)16)7-8-18-3/h9-10H,4-8H2,1-3H3,(H,15,16)(H2,13,14,17). The second-order valence-electron chi connectivity index (χ2n) is 4.18. The molecule has 0 fully saturated rings. The van der Waals surface area contributed by atoms with Crippen LogP contribution in [0.15, 0.2) is 0 Å². The number of hydrogen-bond acceptors (Lipinski definition) is 3. The number of aliphatic carboxylic acids is 1. The second kappa shape index (κ2) is 10.1. The van der Waals surface area contributed by atoms with Crippen LogP contribution in [0.25, 0.3) is 0 Å². The average molecular weight is 276 g/mol. The van der Waals surface area contributed by atoms with E-state index in [9.17, 15) is 9.59 Å². The third-order valence-corrected chi connectivity index (χ3v) is 3.32. The third-order valence-electron chi connectivity index (χ3n) is 2.68. The second-order valence-corrected chi connectivity index (χ2v) is 5.17. The first kappa shape index (κ1) is 17.1. The molecule has 18 heavy (non-hydrogen) atoms.